The van der Waals surface area contributed by atoms with Crippen molar-refractivity contribution in [1.82, 2.24) is 4.90 Å². The molecule has 1 aliphatic carbocycles. The first-order chi connectivity index (χ1) is 13.3. The number of carbonyl (C=O) groups is 1. The second-order valence-corrected chi connectivity index (χ2v) is 8.94. The molecule has 0 aliphatic heterocycles. The van der Waals surface area contributed by atoms with E-state index in [1.54, 1.807) is 29.2 Å². The quantitative estimate of drug-likeness (QED) is 0.717. The van der Waals surface area contributed by atoms with Gasteiger partial charge in [-0.2, -0.15) is 0 Å². The number of nitrogens with one attached hydrogen (secondary N) is 1. The number of carbonyl (C=O) groups excluding carboxylic acids is 1. The van der Waals surface area contributed by atoms with E-state index in [0.717, 1.165) is 25.3 Å². The maximum atomic E-state index is 13.5. The van der Waals surface area contributed by atoms with Gasteiger partial charge in [-0.1, -0.05) is 19.1 Å². The molecule has 5 nitrogen and oxygen atoms in total. The van der Waals surface area contributed by atoms with Crippen LogP contribution in [0.1, 0.15) is 42.1 Å². The molecule has 7 heteroatoms. The van der Waals surface area contributed by atoms with Gasteiger partial charge in [0.15, 0.2) is 0 Å². The van der Waals surface area contributed by atoms with Gasteiger partial charge in [0.1, 0.15) is 5.82 Å². The van der Waals surface area contributed by atoms with Crippen molar-refractivity contribution >= 4 is 21.6 Å². The van der Waals surface area contributed by atoms with E-state index in [-0.39, 0.29) is 22.1 Å². The second-order valence-electron chi connectivity index (χ2n) is 7.26. The van der Waals surface area contributed by atoms with Crippen molar-refractivity contribution in [2.45, 2.75) is 38.0 Å². The van der Waals surface area contributed by atoms with Crippen molar-refractivity contribution < 1.29 is 17.6 Å². The van der Waals surface area contributed by atoms with Gasteiger partial charge in [0.05, 0.1) is 16.1 Å². The molecule has 1 saturated carbocycles. The largest absolute Gasteiger partial charge is 0.338 e. The highest BCUT2D eigenvalue weighted by Crippen LogP contribution is 2.31. The fraction of sp³-hybridized carbons (Fsp3) is 0.381. The van der Waals surface area contributed by atoms with Crippen LogP contribution in [0.25, 0.3) is 0 Å². The summed E-state index contributed by atoms with van der Waals surface area (Å²) in [6, 6.07) is 10.2. The highest BCUT2D eigenvalue weighted by Gasteiger charge is 2.28. The molecule has 0 bridgehead atoms. The van der Waals surface area contributed by atoms with E-state index in [1.165, 1.54) is 19.1 Å². The zero-order chi connectivity index (χ0) is 20.3. The van der Waals surface area contributed by atoms with Gasteiger partial charge < -0.3 is 4.90 Å². The van der Waals surface area contributed by atoms with Gasteiger partial charge in [-0.25, -0.2) is 12.8 Å². The van der Waals surface area contributed by atoms with Gasteiger partial charge in [-0.3, -0.25) is 9.52 Å². The summed E-state index contributed by atoms with van der Waals surface area (Å²) in [7, 11) is -3.94. The fourth-order valence-electron chi connectivity index (χ4n) is 3.07. The van der Waals surface area contributed by atoms with Crippen molar-refractivity contribution in [3.63, 3.8) is 0 Å². The number of para-hydroxylation sites is 1. The summed E-state index contributed by atoms with van der Waals surface area (Å²) in [4.78, 5) is 14.8. The minimum Gasteiger partial charge on any atom is -0.338 e. The van der Waals surface area contributed by atoms with Crippen molar-refractivity contribution in [2.24, 2.45) is 5.92 Å². The number of nitrogens with zero attached hydrogens (tertiary/aromatic N) is 1. The Morgan fingerprint density at radius 3 is 2.57 bits per heavy atom. The molecule has 0 atom stereocenters. The molecule has 0 saturated heterocycles. The third-order valence-corrected chi connectivity index (χ3v) is 6.16. The first-order valence-electron chi connectivity index (χ1n) is 9.49. The number of halogens is 1. The van der Waals surface area contributed by atoms with E-state index in [4.69, 9.17) is 0 Å². The van der Waals surface area contributed by atoms with Gasteiger partial charge in [-0.05, 0) is 68.0 Å². The van der Waals surface area contributed by atoms with Gasteiger partial charge >= 0.3 is 0 Å². The number of rotatable bonds is 8. The summed E-state index contributed by atoms with van der Waals surface area (Å²) in [5.74, 6) is -0.103. The molecule has 1 aliphatic rings. The van der Waals surface area contributed by atoms with Crippen LogP contribution in [0.4, 0.5) is 10.1 Å². The van der Waals surface area contributed by atoms with Crippen molar-refractivity contribution in [1.29, 1.82) is 0 Å². The Morgan fingerprint density at radius 2 is 1.93 bits per heavy atom. The highest BCUT2D eigenvalue weighted by atomic mass is 32.2. The van der Waals surface area contributed by atoms with Crippen molar-refractivity contribution in [2.75, 3.05) is 17.8 Å². The van der Waals surface area contributed by atoms with Crippen molar-refractivity contribution in [3.8, 4) is 0 Å². The van der Waals surface area contributed by atoms with Gasteiger partial charge in [0, 0.05) is 13.1 Å². The molecule has 2 aromatic carbocycles. The second kappa shape index (κ2) is 8.31. The van der Waals surface area contributed by atoms with Crippen LogP contribution in [0.2, 0.25) is 0 Å². The Kier molecular flexibility index (Phi) is 6.03. The number of aryl methyl sites for hydroxylation is 1. The summed E-state index contributed by atoms with van der Waals surface area (Å²) in [6.45, 7) is 4.85. The number of hydrogen-bond donors (Lipinski definition) is 1. The highest BCUT2D eigenvalue weighted by molar-refractivity contribution is 7.92. The minimum atomic E-state index is -3.94. The summed E-state index contributed by atoms with van der Waals surface area (Å²) in [5.41, 5.74) is 0.788. The van der Waals surface area contributed by atoms with E-state index in [9.17, 15) is 17.6 Å². The smallest absolute Gasteiger partial charge is 0.261 e. The Bertz CT molecular complexity index is 971. The Labute approximate surface area is 165 Å². The van der Waals surface area contributed by atoms with Crippen LogP contribution in [0.3, 0.4) is 0 Å². The van der Waals surface area contributed by atoms with Crippen LogP contribution < -0.4 is 4.72 Å². The lowest BCUT2D eigenvalue weighted by molar-refractivity contribution is 0.0749. The molecule has 1 amide bonds. The molecule has 0 radical (unpaired) electrons. The van der Waals surface area contributed by atoms with Crippen LogP contribution in [0, 0.1) is 18.7 Å². The number of benzene rings is 2. The van der Waals surface area contributed by atoms with Gasteiger partial charge in [0.2, 0.25) is 0 Å². The SMILES string of the molecule is CCCN(CC1CC1)C(=O)c1ccccc1NS(=O)(=O)c1ccc(F)c(C)c1. The summed E-state index contributed by atoms with van der Waals surface area (Å²) >= 11 is 0. The first kappa shape index (κ1) is 20.3. The Hall–Kier alpha value is -2.41. The number of sulfonamides is 1. The normalized spacial score (nSPS) is 14.0. The Morgan fingerprint density at radius 1 is 1.21 bits per heavy atom. The van der Waals surface area contributed by atoms with Crippen LogP contribution in [0.15, 0.2) is 47.4 Å². The molecule has 0 unspecified atom stereocenters. The molecule has 3 rings (SSSR count). The number of anilines is 1. The predicted octanol–water partition coefficient (Wildman–Crippen LogP) is 4.20. The lowest BCUT2D eigenvalue weighted by atomic mass is 10.1. The number of amides is 1. The molecular formula is C21H25FN2O3S. The van der Waals surface area contributed by atoms with E-state index in [0.29, 0.717) is 24.6 Å². The van der Waals surface area contributed by atoms with Gasteiger partial charge in [-0.15, -0.1) is 0 Å². The average Bonchev–Trinajstić information content (AvgIpc) is 3.47. The standard InChI is InChI=1S/C21H25FN2O3S/c1-3-12-24(14-16-8-9-16)21(25)18-6-4-5-7-20(18)23-28(26,27)17-10-11-19(22)15(2)13-17/h4-7,10-11,13,16,23H,3,8-9,12,14H2,1-2H3. The first-order valence-corrected chi connectivity index (χ1v) is 11.0. The number of hydrogen-bond acceptors (Lipinski definition) is 3. The molecule has 0 heterocycles. The molecule has 2 aromatic rings. The fourth-order valence-corrected chi connectivity index (χ4v) is 4.24. The van der Waals surface area contributed by atoms with E-state index in [2.05, 4.69) is 4.72 Å². The predicted molar refractivity (Wildman–Crippen MR) is 107 cm³/mol. The topological polar surface area (TPSA) is 66.5 Å². The third kappa shape index (κ3) is 4.70. The third-order valence-electron chi connectivity index (χ3n) is 4.80. The summed E-state index contributed by atoms with van der Waals surface area (Å²) < 4.78 is 41.5. The summed E-state index contributed by atoms with van der Waals surface area (Å²) in [5, 5.41) is 0. The van der Waals surface area contributed by atoms with Crippen LogP contribution in [-0.4, -0.2) is 32.3 Å². The van der Waals surface area contributed by atoms with Gasteiger partial charge in [0.25, 0.3) is 15.9 Å². The van der Waals surface area contributed by atoms with E-state index >= 15 is 0 Å². The monoisotopic (exact) mass is 404 g/mol. The zero-order valence-corrected chi connectivity index (χ0v) is 16.9. The molecule has 150 valence electrons. The van der Waals surface area contributed by atoms with Crippen LogP contribution in [-0.2, 0) is 10.0 Å². The zero-order valence-electron chi connectivity index (χ0n) is 16.1. The average molecular weight is 405 g/mol. The molecule has 1 N–H and O–H groups in total. The van der Waals surface area contributed by atoms with E-state index < -0.39 is 15.8 Å². The Balaban J connectivity index is 1.88. The lowest BCUT2D eigenvalue weighted by Crippen LogP contribution is -2.34. The maximum absolute atomic E-state index is 13.5. The van der Waals surface area contributed by atoms with Crippen molar-refractivity contribution in [3.05, 3.63) is 59.4 Å². The molecule has 0 spiro atoms. The van der Waals surface area contributed by atoms with Crippen LogP contribution >= 0.6 is 0 Å². The molecule has 0 aromatic heterocycles. The molecular weight excluding hydrogens is 379 g/mol. The maximum Gasteiger partial charge on any atom is 0.261 e. The molecule has 1 fully saturated rings. The van der Waals surface area contributed by atoms with E-state index in [1.807, 2.05) is 6.92 Å². The lowest BCUT2D eigenvalue weighted by Gasteiger charge is -2.23. The minimum absolute atomic E-state index is 0.0444. The molecule has 28 heavy (non-hydrogen) atoms. The summed E-state index contributed by atoms with van der Waals surface area (Å²) in [6.07, 6.45) is 3.10. The van der Waals surface area contributed by atoms with Crippen LogP contribution in [0.5, 0.6) is 0 Å².